The molecule has 1 unspecified atom stereocenters. The van der Waals surface area contributed by atoms with E-state index in [1.165, 1.54) is 4.90 Å². The Hall–Kier alpha value is -4.53. The maximum atomic E-state index is 14.9. The average Bonchev–Trinajstić information content (AvgIpc) is 3.34. The molecule has 45 heavy (non-hydrogen) atoms. The lowest BCUT2D eigenvalue weighted by Gasteiger charge is -2.40. The highest BCUT2D eigenvalue weighted by Gasteiger charge is 2.75. The quantitative estimate of drug-likeness (QED) is 0.414. The molecule has 8 heteroatoms. The molecule has 0 saturated carbocycles. The largest absolute Gasteiger partial charge is 0.394 e. The first kappa shape index (κ1) is 29.2. The molecule has 1 spiro atoms. The summed E-state index contributed by atoms with van der Waals surface area (Å²) in [6, 6.07) is 26.9. The van der Waals surface area contributed by atoms with E-state index in [2.05, 4.69) is 0 Å². The van der Waals surface area contributed by atoms with Crippen LogP contribution in [-0.2, 0) is 32.2 Å². The van der Waals surface area contributed by atoms with Crippen LogP contribution in [0.2, 0.25) is 0 Å². The van der Waals surface area contributed by atoms with E-state index >= 15 is 0 Å². The number of fused-ring (bicyclic) bond motifs is 2. The second kappa shape index (κ2) is 11.4. The number of carbonyl (C=O) groups is 3. The van der Waals surface area contributed by atoms with Gasteiger partial charge in [0.1, 0.15) is 11.6 Å². The van der Waals surface area contributed by atoms with Gasteiger partial charge >= 0.3 is 0 Å². The molecule has 3 aromatic carbocycles. The molecule has 7 rings (SSSR count). The van der Waals surface area contributed by atoms with Crippen molar-refractivity contribution in [2.45, 2.75) is 43.3 Å². The van der Waals surface area contributed by atoms with Crippen molar-refractivity contribution in [3.8, 4) is 0 Å². The van der Waals surface area contributed by atoms with E-state index in [4.69, 9.17) is 4.74 Å². The first-order chi connectivity index (χ1) is 21.9. The van der Waals surface area contributed by atoms with Gasteiger partial charge in [-0.2, -0.15) is 0 Å². The predicted molar refractivity (Wildman–Crippen MR) is 168 cm³/mol. The van der Waals surface area contributed by atoms with Crippen molar-refractivity contribution in [1.82, 2.24) is 14.7 Å². The maximum Gasteiger partial charge on any atom is 0.249 e. The van der Waals surface area contributed by atoms with Crippen LogP contribution >= 0.6 is 0 Å². The molecule has 0 radical (unpaired) electrons. The third-order valence-electron chi connectivity index (χ3n) is 9.79. The number of amides is 3. The lowest BCUT2D eigenvalue weighted by atomic mass is 9.74. The third kappa shape index (κ3) is 4.80. The third-order valence-corrected chi connectivity index (χ3v) is 9.79. The molecule has 3 amide bonds. The highest BCUT2D eigenvalue weighted by Crippen LogP contribution is 2.58. The van der Waals surface area contributed by atoms with Gasteiger partial charge in [0.25, 0.3) is 0 Å². The number of nitrogens with zero attached hydrogens (tertiary/aromatic N) is 3. The summed E-state index contributed by atoms with van der Waals surface area (Å²) < 4.78 is 6.98. The Morgan fingerprint density at radius 1 is 0.733 bits per heavy atom. The minimum absolute atomic E-state index is 0.186. The first-order valence-corrected chi connectivity index (χ1v) is 15.6. The lowest BCUT2D eigenvalue weighted by molar-refractivity contribution is -0.156. The highest BCUT2D eigenvalue weighted by atomic mass is 16.5. The normalized spacial score (nSPS) is 29.7. The number of hydrogen-bond acceptors (Lipinski definition) is 5. The summed E-state index contributed by atoms with van der Waals surface area (Å²) in [6.45, 7) is 2.91. The number of aliphatic hydroxyl groups excluding tert-OH is 1. The van der Waals surface area contributed by atoms with Crippen molar-refractivity contribution in [3.05, 3.63) is 132 Å². The van der Waals surface area contributed by atoms with E-state index in [0.717, 1.165) is 11.1 Å². The Morgan fingerprint density at radius 2 is 1.27 bits per heavy atom. The van der Waals surface area contributed by atoms with Crippen molar-refractivity contribution in [1.29, 1.82) is 0 Å². The van der Waals surface area contributed by atoms with Crippen LogP contribution in [-0.4, -0.2) is 74.5 Å². The van der Waals surface area contributed by atoms with Gasteiger partial charge in [0.2, 0.25) is 17.7 Å². The van der Waals surface area contributed by atoms with Gasteiger partial charge in [-0.25, -0.2) is 0 Å². The van der Waals surface area contributed by atoms with Crippen LogP contribution in [0.3, 0.4) is 0 Å². The molecular weight excluding hydrogens is 566 g/mol. The van der Waals surface area contributed by atoms with Crippen LogP contribution in [0.1, 0.15) is 29.7 Å². The average molecular weight is 604 g/mol. The molecule has 1 N–H and O–H groups in total. The Bertz CT molecular complexity index is 1640. The fourth-order valence-corrected chi connectivity index (χ4v) is 7.82. The Labute approximate surface area is 263 Å². The van der Waals surface area contributed by atoms with E-state index < -0.39 is 35.1 Å². The lowest BCUT2D eigenvalue weighted by Crippen LogP contribution is -2.56. The van der Waals surface area contributed by atoms with Crippen molar-refractivity contribution in [2.75, 3.05) is 19.7 Å². The van der Waals surface area contributed by atoms with Crippen molar-refractivity contribution in [3.63, 3.8) is 0 Å². The fraction of sp³-hybridized carbons (Fsp3) is 0.324. The number of aliphatic hydroxyl groups is 1. The molecule has 3 aromatic rings. The molecule has 0 aliphatic carbocycles. The number of likely N-dealkylation sites (tertiary alicyclic amines) is 1. The topological polar surface area (TPSA) is 90.4 Å². The summed E-state index contributed by atoms with van der Waals surface area (Å²) in [4.78, 5) is 49.2. The van der Waals surface area contributed by atoms with Crippen LogP contribution in [0, 0.1) is 11.8 Å². The molecule has 4 heterocycles. The monoisotopic (exact) mass is 603 g/mol. The highest BCUT2D eigenvalue weighted by molar-refractivity contribution is 6.00. The number of rotatable bonds is 7. The molecule has 4 aliphatic heterocycles. The molecular formula is C37H37N3O5. The number of ether oxygens (including phenoxy) is 1. The second-order valence-electron chi connectivity index (χ2n) is 12.6. The summed E-state index contributed by atoms with van der Waals surface area (Å²) in [5.41, 5.74) is 0.132. The van der Waals surface area contributed by atoms with Gasteiger partial charge in [0.15, 0.2) is 0 Å². The minimum atomic E-state index is -1.41. The number of carbonyl (C=O) groups excluding carboxylic acids is 3. The molecule has 2 saturated heterocycles. The fourth-order valence-electron chi connectivity index (χ4n) is 7.82. The van der Waals surface area contributed by atoms with Gasteiger partial charge < -0.3 is 24.5 Å². The summed E-state index contributed by atoms with van der Waals surface area (Å²) >= 11 is 0. The summed E-state index contributed by atoms with van der Waals surface area (Å²) in [6.07, 6.45) is 7.57. The summed E-state index contributed by atoms with van der Waals surface area (Å²) in [7, 11) is 0. The zero-order valence-electron chi connectivity index (χ0n) is 25.2. The van der Waals surface area contributed by atoms with Crippen LogP contribution in [0.5, 0.6) is 0 Å². The molecule has 0 aromatic heterocycles. The molecule has 8 nitrogen and oxygen atoms in total. The van der Waals surface area contributed by atoms with Crippen molar-refractivity contribution < 1.29 is 24.2 Å². The Balaban J connectivity index is 1.34. The minimum Gasteiger partial charge on any atom is -0.394 e. The van der Waals surface area contributed by atoms with E-state index in [1.807, 2.05) is 122 Å². The van der Waals surface area contributed by atoms with Crippen molar-refractivity contribution >= 4 is 17.7 Å². The van der Waals surface area contributed by atoms with Crippen molar-refractivity contribution in [2.24, 2.45) is 11.8 Å². The van der Waals surface area contributed by atoms with Crippen LogP contribution in [0.4, 0.5) is 0 Å². The number of hydrogen-bond donors (Lipinski definition) is 1. The molecule has 230 valence electrons. The Morgan fingerprint density at radius 3 is 1.84 bits per heavy atom. The number of benzene rings is 3. The standard InChI is InChI=1S/C37H37N3O5/c1-36-19-11-21-38(23-26-13-5-2-6-14-26)33(42)30(36)31-34(43)40(29(25-41)28-17-9-4-10-18-28)32-35(44)39(22-12-20-37(31,32)45-36)24-27-15-7-3-8-16-27/h2-20,29-32,41H,21-25H2,1H3/t29-,30+,31+,32?,36-,37+/m1/s1. The van der Waals surface area contributed by atoms with E-state index in [-0.39, 0.29) is 24.3 Å². The summed E-state index contributed by atoms with van der Waals surface area (Å²) in [5.74, 6) is -2.65. The van der Waals surface area contributed by atoms with Crippen LogP contribution in [0.15, 0.2) is 115 Å². The zero-order chi connectivity index (χ0) is 31.2. The molecule has 6 atom stereocenters. The summed E-state index contributed by atoms with van der Waals surface area (Å²) in [5, 5.41) is 10.8. The predicted octanol–water partition coefficient (Wildman–Crippen LogP) is 3.89. The van der Waals surface area contributed by atoms with Gasteiger partial charge in [0.05, 0.1) is 30.1 Å². The van der Waals surface area contributed by atoms with E-state index in [1.54, 1.807) is 9.80 Å². The van der Waals surface area contributed by atoms with Crippen LogP contribution < -0.4 is 0 Å². The first-order valence-electron chi connectivity index (χ1n) is 15.6. The SMILES string of the molecule is C[C@@]12C=CCN(Cc3ccccc3)C(=O)[C@@H]1[C@H]1C(=O)N([C@H](CO)c3ccccc3)C3C(=O)N(Cc4ccccc4)CC=C[C@@]31O2. The molecule has 2 fully saturated rings. The van der Waals surface area contributed by atoms with Gasteiger partial charge in [0, 0.05) is 26.2 Å². The van der Waals surface area contributed by atoms with Gasteiger partial charge in [-0.1, -0.05) is 115 Å². The smallest absolute Gasteiger partial charge is 0.249 e. The van der Waals surface area contributed by atoms with Gasteiger partial charge in [-0.3, -0.25) is 14.4 Å². The van der Waals surface area contributed by atoms with E-state index in [9.17, 15) is 19.5 Å². The van der Waals surface area contributed by atoms with Gasteiger partial charge in [-0.15, -0.1) is 0 Å². The second-order valence-corrected chi connectivity index (χ2v) is 12.6. The van der Waals surface area contributed by atoms with E-state index in [0.29, 0.717) is 31.7 Å². The maximum absolute atomic E-state index is 14.9. The zero-order valence-corrected chi connectivity index (χ0v) is 25.2. The molecule has 4 aliphatic rings. The molecule has 0 bridgehead atoms. The van der Waals surface area contributed by atoms with Crippen LogP contribution in [0.25, 0.3) is 0 Å². The Kier molecular flexibility index (Phi) is 7.42. The van der Waals surface area contributed by atoms with Gasteiger partial charge in [-0.05, 0) is 23.6 Å².